The molecule has 2 amide bonds. The summed E-state index contributed by atoms with van der Waals surface area (Å²) < 4.78 is 11.0. The van der Waals surface area contributed by atoms with Gasteiger partial charge in [-0.15, -0.1) is 0 Å². The summed E-state index contributed by atoms with van der Waals surface area (Å²) in [5, 5.41) is 5.47. The quantitative estimate of drug-likeness (QED) is 0.518. The number of hydrogen-bond donors (Lipinski definition) is 2. The lowest BCUT2D eigenvalue weighted by molar-refractivity contribution is -0.139. The van der Waals surface area contributed by atoms with Crippen LogP contribution in [0.4, 0.5) is 4.79 Å². The summed E-state index contributed by atoms with van der Waals surface area (Å²) in [6.07, 6.45) is 4.14. The van der Waals surface area contributed by atoms with Crippen molar-refractivity contribution in [1.82, 2.24) is 10.6 Å². The Kier molecular flexibility index (Phi) is 7.51. The average Bonchev–Trinajstić information content (AvgIpc) is 2.61. The molecular weight excluding hydrogens is 332 g/mol. The molecule has 6 heteroatoms. The minimum atomic E-state index is -0.563. The maximum Gasteiger partial charge on any atom is 0.338 e. The fourth-order valence-electron chi connectivity index (χ4n) is 2.94. The lowest BCUT2D eigenvalue weighted by Crippen LogP contribution is -2.45. The molecule has 1 aromatic rings. The van der Waals surface area contributed by atoms with E-state index in [1.54, 1.807) is 6.92 Å². The van der Waals surface area contributed by atoms with Crippen LogP contribution in [0.2, 0.25) is 0 Å². The Morgan fingerprint density at radius 3 is 2.73 bits per heavy atom. The molecule has 1 heterocycles. The van der Waals surface area contributed by atoms with Crippen LogP contribution in [0.3, 0.4) is 0 Å². The Hall–Kier alpha value is -2.50. The van der Waals surface area contributed by atoms with Crippen LogP contribution in [0.15, 0.2) is 35.5 Å². The SMILES string of the molecule is CCCCCCOC(=O)C1=C(C)NC(=O)N[C@H]1c1cccc(OCC)c1. The van der Waals surface area contributed by atoms with E-state index in [1.807, 2.05) is 31.2 Å². The molecule has 0 radical (unpaired) electrons. The Morgan fingerprint density at radius 2 is 2.00 bits per heavy atom. The fourth-order valence-corrected chi connectivity index (χ4v) is 2.94. The van der Waals surface area contributed by atoms with Gasteiger partial charge in [-0.3, -0.25) is 0 Å². The van der Waals surface area contributed by atoms with Crippen molar-refractivity contribution in [3.05, 3.63) is 41.1 Å². The molecule has 0 unspecified atom stereocenters. The number of unbranched alkanes of at least 4 members (excludes halogenated alkanes) is 3. The van der Waals surface area contributed by atoms with Crippen molar-refractivity contribution in [1.29, 1.82) is 0 Å². The van der Waals surface area contributed by atoms with Gasteiger partial charge in [0.05, 0.1) is 24.8 Å². The lowest BCUT2D eigenvalue weighted by atomic mass is 9.95. The van der Waals surface area contributed by atoms with Gasteiger partial charge < -0.3 is 20.1 Å². The van der Waals surface area contributed by atoms with Gasteiger partial charge in [0.2, 0.25) is 0 Å². The van der Waals surface area contributed by atoms with Crippen LogP contribution in [-0.2, 0) is 9.53 Å². The molecule has 26 heavy (non-hydrogen) atoms. The van der Waals surface area contributed by atoms with Gasteiger partial charge in [0.25, 0.3) is 0 Å². The van der Waals surface area contributed by atoms with Crippen LogP contribution in [-0.4, -0.2) is 25.2 Å². The van der Waals surface area contributed by atoms with Crippen molar-refractivity contribution >= 4 is 12.0 Å². The molecule has 1 aliphatic rings. The summed E-state index contributed by atoms with van der Waals surface area (Å²) in [4.78, 5) is 24.6. The zero-order valence-electron chi connectivity index (χ0n) is 15.8. The van der Waals surface area contributed by atoms with Crippen molar-refractivity contribution in [2.45, 2.75) is 52.5 Å². The number of benzene rings is 1. The number of nitrogens with one attached hydrogen (secondary N) is 2. The van der Waals surface area contributed by atoms with Crippen molar-refractivity contribution in [2.75, 3.05) is 13.2 Å². The van der Waals surface area contributed by atoms with Gasteiger partial charge in [0.15, 0.2) is 0 Å². The van der Waals surface area contributed by atoms with E-state index in [9.17, 15) is 9.59 Å². The van der Waals surface area contributed by atoms with E-state index in [0.29, 0.717) is 30.2 Å². The number of urea groups is 1. The smallest absolute Gasteiger partial charge is 0.338 e. The molecule has 0 saturated carbocycles. The molecule has 0 aliphatic carbocycles. The molecular formula is C20H28N2O4. The summed E-state index contributed by atoms with van der Waals surface area (Å²) in [6.45, 7) is 6.69. The molecule has 6 nitrogen and oxygen atoms in total. The van der Waals surface area contributed by atoms with Crippen molar-refractivity contribution in [3.8, 4) is 5.75 Å². The van der Waals surface area contributed by atoms with Gasteiger partial charge >= 0.3 is 12.0 Å². The van der Waals surface area contributed by atoms with Crippen LogP contribution < -0.4 is 15.4 Å². The predicted octanol–water partition coefficient (Wildman–Crippen LogP) is 3.84. The van der Waals surface area contributed by atoms with Crippen molar-refractivity contribution in [3.63, 3.8) is 0 Å². The lowest BCUT2D eigenvalue weighted by Gasteiger charge is -2.28. The monoisotopic (exact) mass is 360 g/mol. The summed E-state index contributed by atoms with van der Waals surface area (Å²) in [6, 6.07) is 6.49. The topological polar surface area (TPSA) is 76.7 Å². The van der Waals surface area contributed by atoms with Gasteiger partial charge in [0.1, 0.15) is 5.75 Å². The summed E-state index contributed by atoms with van der Waals surface area (Å²) in [7, 11) is 0. The molecule has 0 fully saturated rings. The minimum absolute atomic E-state index is 0.339. The number of ether oxygens (including phenoxy) is 2. The number of hydrogen-bond acceptors (Lipinski definition) is 4. The van der Waals surface area contributed by atoms with Crippen molar-refractivity contribution < 1.29 is 19.1 Å². The molecule has 2 N–H and O–H groups in total. The van der Waals surface area contributed by atoms with E-state index in [1.165, 1.54) is 0 Å². The Balaban J connectivity index is 2.17. The minimum Gasteiger partial charge on any atom is -0.494 e. The zero-order valence-corrected chi connectivity index (χ0v) is 15.8. The third-order valence-corrected chi connectivity index (χ3v) is 4.22. The normalized spacial score (nSPS) is 16.7. The molecule has 142 valence electrons. The van der Waals surface area contributed by atoms with Crippen LogP contribution in [0.25, 0.3) is 0 Å². The molecule has 0 saturated heterocycles. The third-order valence-electron chi connectivity index (χ3n) is 4.22. The van der Waals surface area contributed by atoms with Gasteiger partial charge in [-0.05, 0) is 38.0 Å². The highest BCUT2D eigenvalue weighted by molar-refractivity contribution is 5.95. The summed E-state index contributed by atoms with van der Waals surface area (Å²) >= 11 is 0. The molecule has 1 atom stereocenters. The summed E-state index contributed by atoms with van der Waals surface area (Å²) in [5.41, 5.74) is 1.72. The third kappa shape index (κ3) is 5.25. The Labute approximate surface area is 154 Å². The maximum atomic E-state index is 12.6. The highest BCUT2D eigenvalue weighted by Gasteiger charge is 2.32. The van der Waals surface area contributed by atoms with Crippen molar-refractivity contribution in [2.24, 2.45) is 0 Å². The molecule has 0 bridgehead atoms. The maximum absolute atomic E-state index is 12.6. The number of allylic oxidation sites excluding steroid dienone is 1. The zero-order chi connectivity index (χ0) is 18.9. The van der Waals surface area contributed by atoms with Gasteiger partial charge in [-0.25, -0.2) is 9.59 Å². The largest absolute Gasteiger partial charge is 0.494 e. The van der Waals surface area contributed by atoms with E-state index in [4.69, 9.17) is 9.47 Å². The number of esters is 1. The van der Waals surface area contributed by atoms with Crippen LogP contribution >= 0.6 is 0 Å². The van der Waals surface area contributed by atoms with E-state index in [0.717, 1.165) is 31.2 Å². The number of carbonyl (C=O) groups excluding carboxylic acids is 2. The van der Waals surface area contributed by atoms with Crippen LogP contribution in [0.1, 0.15) is 58.1 Å². The molecule has 2 rings (SSSR count). The average molecular weight is 360 g/mol. The number of carbonyl (C=O) groups is 2. The van der Waals surface area contributed by atoms with Gasteiger partial charge in [-0.2, -0.15) is 0 Å². The standard InChI is InChI=1S/C20H28N2O4/c1-4-6-7-8-12-26-19(23)17-14(3)21-20(24)22-18(17)15-10-9-11-16(13-15)25-5-2/h9-11,13,18H,4-8,12H2,1-3H3,(H2,21,22,24)/t18-/m0/s1. The first kappa shape index (κ1) is 19.8. The van der Waals surface area contributed by atoms with Gasteiger partial charge in [-0.1, -0.05) is 38.3 Å². The van der Waals surface area contributed by atoms with E-state index in [2.05, 4.69) is 17.6 Å². The second-order valence-electron chi connectivity index (χ2n) is 6.27. The molecule has 1 aromatic carbocycles. The second kappa shape index (κ2) is 9.85. The van der Waals surface area contributed by atoms with E-state index in [-0.39, 0.29) is 6.03 Å². The summed E-state index contributed by atoms with van der Waals surface area (Å²) in [5.74, 6) is 0.293. The first-order chi connectivity index (χ1) is 12.6. The highest BCUT2D eigenvalue weighted by atomic mass is 16.5. The van der Waals surface area contributed by atoms with Gasteiger partial charge in [0, 0.05) is 5.70 Å². The van der Waals surface area contributed by atoms with Crippen LogP contribution in [0, 0.1) is 0 Å². The molecule has 1 aliphatic heterocycles. The Morgan fingerprint density at radius 1 is 1.19 bits per heavy atom. The molecule has 0 spiro atoms. The second-order valence-corrected chi connectivity index (χ2v) is 6.27. The number of amides is 2. The van der Waals surface area contributed by atoms with Crippen LogP contribution in [0.5, 0.6) is 5.75 Å². The Bertz CT molecular complexity index is 670. The first-order valence-corrected chi connectivity index (χ1v) is 9.25. The molecule has 0 aromatic heterocycles. The van der Waals surface area contributed by atoms with E-state index < -0.39 is 12.0 Å². The number of rotatable bonds is 9. The first-order valence-electron chi connectivity index (χ1n) is 9.25. The predicted molar refractivity (Wildman–Crippen MR) is 99.8 cm³/mol. The fraction of sp³-hybridized carbons (Fsp3) is 0.500. The van der Waals surface area contributed by atoms with E-state index >= 15 is 0 Å². The highest BCUT2D eigenvalue weighted by Crippen LogP contribution is 2.29.